The lowest BCUT2D eigenvalue weighted by Crippen LogP contribution is -2.52. The van der Waals surface area contributed by atoms with Crippen molar-refractivity contribution in [1.29, 1.82) is 0 Å². The third-order valence-electron chi connectivity index (χ3n) is 6.21. The van der Waals surface area contributed by atoms with Crippen LogP contribution in [0.1, 0.15) is 37.5 Å². The predicted molar refractivity (Wildman–Crippen MR) is 147 cm³/mol. The third-order valence-corrected chi connectivity index (χ3v) is 8.00. The van der Waals surface area contributed by atoms with E-state index in [2.05, 4.69) is 5.32 Å². The molecule has 0 radical (unpaired) electrons. The van der Waals surface area contributed by atoms with Gasteiger partial charge in [-0.2, -0.15) is 13.2 Å². The molecule has 3 aromatic carbocycles. The number of sulfonamides is 1. The van der Waals surface area contributed by atoms with Crippen LogP contribution in [-0.4, -0.2) is 43.8 Å². The smallest absolute Gasteiger partial charge is 0.352 e. The van der Waals surface area contributed by atoms with E-state index in [1.54, 1.807) is 20.8 Å². The molecule has 41 heavy (non-hydrogen) atoms. The quantitative estimate of drug-likeness (QED) is 0.324. The molecule has 2 amide bonds. The fourth-order valence-corrected chi connectivity index (χ4v) is 5.38. The van der Waals surface area contributed by atoms with Gasteiger partial charge in [-0.15, -0.1) is 0 Å². The molecule has 0 aliphatic heterocycles. The first-order chi connectivity index (χ1) is 19.1. The van der Waals surface area contributed by atoms with E-state index in [0.29, 0.717) is 15.9 Å². The molecule has 3 aromatic rings. The number of rotatable bonds is 10. The highest BCUT2D eigenvalue weighted by molar-refractivity contribution is 7.92. The Morgan fingerprint density at radius 1 is 0.927 bits per heavy atom. The molecular formula is C29H31F4N3O4S. The van der Waals surface area contributed by atoms with Gasteiger partial charge < -0.3 is 10.2 Å². The highest BCUT2D eigenvalue weighted by Crippen LogP contribution is 2.33. The summed E-state index contributed by atoms with van der Waals surface area (Å²) < 4.78 is 82.3. The molecule has 0 aromatic heterocycles. The number of hydrogen-bond donors (Lipinski definition) is 1. The van der Waals surface area contributed by atoms with Crippen LogP contribution in [0.4, 0.5) is 23.2 Å². The van der Waals surface area contributed by atoms with E-state index in [1.165, 1.54) is 55.5 Å². The average Bonchev–Trinajstić information content (AvgIpc) is 2.90. The van der Waals surface area contributed by atoms with Crippen molar-refractivity contribution in [2.24, 2.45) is 0 Å². The zero-order chi connectivity index (χ0) is 30.5. The Bertz CT molecular complexity index is 1480. The van der Waals surface area contributed by atoms with Crippen molar-refractivity contribution in [3.8, 4) is 0 Å². The molecule has 0 bridgehead atoms. The van der Waals surface area contributed by atoms with Crippen molar-refractivity contribution in [2.45, 2.75) is 57.4 Å². The van der Waals surface area contributed by atoms with Crippen molar-refractivity contribution in [3.63, 3.8) is 0 Å². The number of amides is 2. The molecule has 220 valence electrons. The van der Waals surface area contributed by atoms with Gasteiger partial charge >= 0.3 is 6.18 Å². The fourth-order valence-electron chi connectivity index (χ4n) is 3.98. The Morgan fingerprint density at radius 3 is 2.10 bits per heavy atom. The van der Waals surface area contributed by atoms with Gasteiger partial charge in [-0.25, -0.2) is 12.8 Å². The van der Waals surface area contributed by atoms with Crippen LogP contribution in [0.3, 0.4) is 0 Å². The minimum Gasteiger partial charge on any atom is -0.352 e. The predicted octanol–water partition coefficient (Wildman–Crippen LogP) is 5.29. The monoisotopic (exact) mass is 593 g/mol. The van der Waals surface area contributed by atoms with E-state index in [-0.39, 0.29) is 23.2 Å². The molecule has 0 spiro atoms. The Balaban J connectivity index is 2.09. The summed E-state index contributed by atoms with van der Waals surface area (Å²) in [5.41, 5.74) is -0.272. The maximum absolute atomic E-state index is 13.8. The van der Waals surface area contributed by atoms with Gasteiger partial charge in [0, 0.05) is 12.6 Å². The van der Waals surface area contributed by atoms with Crippen molar-refractivity contribution in [3.05, 3.63) is 95.3 Å². The number of aryl methyl sites for hydroxylation is 1. The SMILES string of the molecule is Cc1ccc(S(=O)(=O)N(CC(=O)N(Cc2ccc(F)cc2)C(C)C(=O)NC(C)C)c2cccc(C(F)(F)F)c2)cc1. The maximum atomic E-state index is 13.8. The van der Waals surface area contributed by atoms with E-state index in [4.69, 9.17) is 0 Å². The molecule has 7 nitrogen and oxygen atoms in total. The molecule has 1 N–H and O–H groups in total. The van der Waals surface area contributed by atoms with Crippen LogP contribution in [0.2, 0.25) is 0 Å². The first kappa shape index (κ1) is 31.6. The summed E-state index contributed by atoms with van der Waals surface area (Å²) in [5.74, 6) is -1.89. The maximum Gasteiger partial charge on any atom is 0.416 e. The van der Waals surface area contributed by atoms with Crippen LogP contribution in [0.25, 0.3) is 0 Å². The molecule has 0 fully saturated rings. The molecule has 1 atom stereocenters. The number of nitrogens with zero attached hydrogens (tertiary/aromatic N) is 2. The van der Waals surface area contributed by atoms with Crippen LogP contribution < -0.4 is 9.62 Å². The summed E-state index contributed by atoms with van der Waals surface area (Å²) in [5, 5.41) is 2.69. The van der Waals surface area contributed by atoms with Gasteiger partial charge in [-0.1, -0.05) is 35.9 Å². The van der Waals surface area contributed by atoms with E-state index >= 15 is 0 Å². The van der Waals surface area contributed by atoms with Gasteiger partial charge in [0.25, 0.3) is 10.0 Å². The van der Waals surface area contributed by atoms with Crippen LogP contribution in [0.15, 0.2) is 77.7 Å². The van der Waals surface area contributed by atoms with Crippen LogP contribution in [-0.2, 0) is 32.3 Å². The Labute approximate surface area is 236 Å². The third kappa shape index (κ3) is 8.06. The Hall–Kier alpha value is -3.93. The van der Waals surface area contributed by atoms with Gasteiger partial charge in [0.15, 0.2) is 0 Å². The van der Waals surface area contributed by atoms with Gasteiger partial charge in [-0.05, 0) is 75.7 Å². The molecule has 0 heterocycles. The molecule has 1 unspecified atom stereocenters. The zero-order valence-corrected chi connectivity index (χ0v) is 23.8. The molecular weight excluding hydrogens is 562 g/mol. The highest BCUT2D eigenvalue weighted by atomic mass is 32.2. The highest BCUT2D eigenvalue weighted by Gasteiger charge is 2.35. The van der Waals surface area contributed by atoms with Crippen LogP contribution >= 0.6 is 0 Å². The van der Waals surface area contributed by atoms with E-state index in [9.17, 15) is 35.6 Å². The number of benzene rings is 3. The second-order valence-corrected chi connectivity index (χ2v) is 11.7. The van der Waals surface area contributed by atoms with Crippen LogP contribution in [0, 0.1) is 12.7 Å². The van der Waals surface area contributed by atoms with Gasteiger partial charge in [0.05, 0.1) is 16.1 Å². The number of carbonyl (C=O) groups excluding carboxylic acids is 2. The van der Waals surface area contributed by atoms with Gasteiger partial charge in [0.2, 0.25) is 11.8 Å². The minimum atomic E-state index is -4.77. The lowest BCUT2D eigenvalue weighted by molar-refractivity contribution is -0.139. The summed E-state index contributed by atoms with van der Waals surface area (Å²) in [7, 11) is -4.54. The fraction of sp³-hybridized carbons (Fsp3) is 0.310. The molecule has 0 saturated carbocycles. The van der Waals surface area contributed by atoms with Gasteiger partial charge in [-0.3, -0.25) is 13.9 Å². The zero-order valence-electron chi connectivity index (χ0n) is 22.9. The van der Waals surface area contributed by atoms with E-state index in [1.807, 2.05) is 0 Å². The lowest BCUT2D eigenvalue weighted by Gasteiger charge is -2.32. The average molecular weight is 594 g/mol. The normalized spacial score (nSPS) is 12.6. The molecule has 12 heteroatoms. The largest absolute Gasteiger partial charge is 0.416 e. The number of hydrogen-bond acceptors (Lipinski definition) is 4. The standard InChI is InChI=1S/C29H31F4N3O4S/c1-19(2)34-28(38)21(4)35(17-22-10-12-24(30)13-11-22)27(37)18-36(25-7-5-6-23(16-25)29(31,32)33)41(39,40)26-14-8-20(3)9-15-26/h5-16,19,21H,17-18H2,1-4H3,(H,34,38). The summed E-state index contributed by atoms with van der Waals surface area (Å²) in [6.45, 7) is 5.54. The van der Waals surface area contributed by atoms with Crippen molar-refractivity contribution in [2.75, 3.05) is 10.8 Å². The molecule has 3 rings (SSSR count). The minimum absolute atomic E-state index is 0.188. The summed E-state index contributed by atoms with van der Waals surface area (Å²) in [6, 6.07) is 13.1. The number of anilines is 1. The van der Waals surface area contributed by atoms with Crippen LogP contribution in [0.5, 0.6) is 0 Å². The molecule has 0 aliphatic carbocycles. The van der Waals surface area contributed by atoms with E-state index < -0.39 is 52.0 Å². The lowest BCUT2D eigenvalue weighted by atomic mass is 10.1. The van der Waals surface area contributed by atoms with E-state index in [0.717, 1.165) is 28.7 Å². The summed E-state index contributed by atoms with van der Waals surface area (Å²) in [6.07, 6.45) is -4.77. The van der Waals surface area contributed by atoms with Crippen molar-refractivity contribution < 1.29 is 35.6 Å². The number of carbonyl (C=O) groups is 2. The number of nitrogens with one attached hydrogen (secondary N) is 1. The second kappa shape index (κ2) is 12.7. The van der Waals surface area contributed by atoms with Gasteiger partial charge in [0.1, 0.15) is 18.4 Å². The molecule has 0 saturated heterocycles. The summed E-state index contributed by atoms with van der Waals surface area (Å²) in [4.78, 5) is 27.5. The molecule has 0 aliphatic rings. The topological polar surface area (TPSA) is 86.8 Å². The van der Waals surface area contributed by atoms with Crippen molar-refractivity contribution in [1.82, 2.24) is 10.2 Å². The first-order valence-corrected chi connectivity index (χ1v) is 14.1. The van der Waals surface area contributed by atoms with Crippen molar-refractivity contribution >= 4 is 27.5 Å². The number of alkyl halides is 3. The summed E-state index contributed by atoms with van der Waals surface area (Å²) >= 11 is 0. The Kier molecular flexibility index (Phi) is 9.80. The first-order valence-electron chi connectivity index (χ1n) is 12.7. The number of halogens is 4. The second-order valence-electron chi connectivity index (χ2n) is 9.86. The Morgan fingerprint density at radius 2 is 1.54 bits per heavy atom.